The zero-order chi connectivity index (χ0) is 23.8. The van der Waals surface area contributed by atoms with E-state index in [0.717, 1.165) is 24.8 Å². The van der Waals surface area contributed by atoms with Crippen LogP contribution >= 0.6 is 0 Å². The Morgan fingerprint density at radius 1 is 1.27 bits per heavy atom. The molecule has 2 fully saturated rings. The Labute approximate surface area is 195 Å². The number of rotatable bonds is 9. The number of carboxylic acid groups (broad SMARTS) is 1. The predicted molar refractivity (Wildman–Crippen MR) is 123 cm³/mol. The zero-order valence-electron chi connectivity index (χ0n) is 19.6. The zero-order valence-corrected chi connectivity index (χ0v) is 19.6. The summed E-state index contributed by atoms with van der Waals surface area (Å²) in [6.07, 6.45) is 4.10. The minimum Gasteiger partial charge on any atom is -0.480 e. The van der Waals surface area contributed by atoms with Crippen molar-refractivity contribution in [2.24, 2.45) is 5.41 Å². The monoisotopic (exact) mass is 460 g/mol. The van der Waals surface area contributed by atoms with E-state index in [0.29, 0.717) is 39.0 Å². The minimum atomic E-state index is -0.994. The van der Waals surface area contributed by atoms with Gasteiger partial charge in [0.25, 0.3) is 0 Å². The summed E-state index contributed by atoms with van der Waals surface area (Å²) in [6, 6.07) is 7.56. The second-order valence-corrected chi connectivity index (χ2v) is 9.21. The molecular formula is C25H36N2O6. The van der Waals surface area contributed by atoms with Crippen LogP contribution < -0.4 is 5.32 Å². The normalized spacial score (nSPS) is 24.8. The van der Waals surface area contributed by atoms with E-state index in [1.165, 1.54) is 4.90 Å². The summed E-state index contributed by atoms with van der Waals surface area (Å²) in [7, 11) is 0. The van der Waals surface area contributed by atoms with E-state index in [4.69, 9.17) is 9.47 Å². The van der Waals surface area contributed by atoms with Gasteiger partial charge in [-0.25, -0.2) is 4.79 Å². The number of aryl methyl sites for hydroxylation is 1. The second-order valence-electron chi connectivity index (χ2n) is 9.21. The van der Waals surface area contributed by atoms with Crippen molar-refractivity contribution in [3.8, 4) is 0 Å². The summed E-state index contributed by atoms with van der Waals surface area (Å²) >= 11 is 0. The van der Waals surface area contributed by atoms with E-state index in [1.807, 2.05) is 30.3 Å². The van der Waals surface area contributed by atoms with E-state index in [1.54, 1.807) is 13.8 Å². The molecule has 3 rings (SSSR count). The third-order valence-electron chi connectivity index (χ3n) is 6.82. The number of carbonyl (C=O) groups excluding carboxylic acids is 2. The van der Waals surface area contributed by atoms with Crippen LogP contribution in [0.15, 0.2) is 30.3 Å². The fourth-order valence-electron chi connectivity index (χ4n) is 4.98. The minimum absolute atomic E-state index is 0.169. The summed E-state index contributed by atoms with van der Waals surface area (Å²) in [5, 5.41) is 13.0. The lowest BCUT2D eigenvalue weighted by molar-refractivity contribution is -0.159. The van der Waals surface area contributed by atoms with Crippen molar-refractivity contribution in [2.45, 2.75) is 70.5 Å². The first kappa shape index (κ1) is 25.2. The average molecular weight is 461 g/mol. The highest BCUT2D eigenvalue weighted by Crippen LogP contribution is 2.41. The molecule has 2 aliphatic rings. The number of carbonyl (C=O) groups is 3. The van der Waals surface area contributed by atoms with Gasteiger partial charge in [-0.1, -0.05) is 30.3 Å². The van der Waals surface area contributed by atoms with Crippen molar-refractivity contribution >= 4 is 17.8 Å². The number of esters is 1. The molecule has 0 saturated carbocycles. The standard InChI is InChI=1S/C25H36N2O6/c1-3-33-24(31)20(11-10-19-8-5-4-6-9-19)26-18(2)22(28)27-14-13-25(12-7-15-32-17-25)16-21(27)23(29)30/h4-6,8-9,18,20-21,26H,3,7,10-17H2,1-2H3,(H,29,30)/t18-,20?,21?,25?/m0/s1. The van der Waals surface area contributed by atoms with Crippen LogP contribution in [0.25, 0.3) is 0 Å². The molecule has 2 N–H and O–H groups in total. The summed E-state index contributed by atoms with van der Waals surface area (Å²) in [5.41, 5.74) is 0.923. The number of benzene rings is 1. The highest BCUT2D eigenvalue weighted by atomic mass is 16.5. The molecule has 0 bridgehead atoms. The SMILES string of the molecule is CCOC(=O)C(CCc1ccccc1)N[C@@H](C)C(=O)N1CCC2(CCCOC2)CC1C(=O)O. The number of aliphatic carboxylic acids is 1. The number of ether oxygens (including phenoxy) is 2. The van der Waals surface area contributed by atoms with Crippen LogP contribution in [0.1, 0.15) is 51.5 Å². The summed E-state index contributed by atoms with van der Waals surface area (Å²) in [6.45, 7) is 5.32. The maximum absolute atomic E-state index is 13.3. The molecular weight excluding hydrogens is 424 g/mol. The highest BCUT2D eigenvalue weighted by Gasteiger charge is 2.46. The predicted octanol–water partition coefficient (Wildman–Crippen LogP) is 2.40. The topological polar surface area (TPSA) is 105 Å². The fraction of sp³-hybridized carbons (Fsp3) is 0.640. The largest absolute Gasteiger partial charge is 0.480 e. The second kappa shape index (κ2) is 11.6. The maximum Gasteiger partial charge on any atom is 0.326 e. The molecule has 1 amide bonds. The Bertz CT molecular complexity index is 808. The van der Waals surface area contributed by atoms with Crippen LogP contribution in [0.2, 0.25) is 0 Å². The van der Waals surface area contributed by atoms with Gasteiger partial charge in [-0.15, -0.1) is 0 Å². The summed E-state index contributed by atoms with van der Waals surface area (Å²) in [4.78, 5) is 39.4. The lowest BCUT2D eigenvalue weighted by Crippen LogP contribution is -2.59. The van der Waals surface area contributed by atoms with Gasteiger partial charge in [-0.3, -0.25) is 14.9 Å². The number of carboxylic acids is 1. The Hall–Kier alpha value is -2.45. The van der Waals surface area contributed by atoms with Gasteiger partial charge in [0.1, 0.15) is 12.1 Å². The molecule has 0 aromatic heterocycles. The lowest BCUT2D eigenvalue weighted by atomic mass is 9.71. The fourth-order valence-corrected chi connectivity index (χ4v) is 4.98. The first-order chi connectivity index (χ1) is 15.8. The van der Waals surface area contributed by atoms with Crippen LogP contribution in [0.3, 0.4) is 0 Å². The smallest absolute Gasteiger partial charge is 0.326 e. The molecule has 8 heteroatoms. The van der Waals surface area contributed by atoms with Gasteiger partial charge in [-0.2, -0.15) is 0 Å². The number of piperidine rings is 1. The number of hydrogen-bond donors (Lipinski definition) is 2. The Kier molecular flexibility index (Phi) is 8.86. The first-order valence-electron chi connectivity index (χ1n) is 11.9. The van der Waals surface area contributed by atoms with Gasteiger partial charge in [-0.05, 0) is 63.4 Å². The number of hydrogen-bond acceptors (Lipinski definition) is 6. The van der Waals surface area contributed by atoms with Crippen LogP contribution in [0, 0.1) is 5.41 Å². The first-order valence-corrected chi connectivity index (χ1v) is 11.9. The summed E-state index contributed by atoms with van der Waals surface area (Å²) < 4.78 is 10.9. The number of amides is 1. The molecule has 4 atom stereocenters. The van der Waals surface area contributed by atoms with Gasteiger partial charge in [0.15, 0.2) is 0 Å². The molecule has 0 aliphatic carbocycles. The van der Waals surface area contributed by atoms with Crippen LogP contribution in [0.4, 0.5) is 0 Å². The molecule has 3 unspecified atom stereocenters. The number of likely N-dealkylation sites (tertiary alicyclic amines) is 1. The molecule has 2 aliphatic heterocycles. The molecule has 1 aromatic carbocycles. The van der Waals surface area contributed by atoms with E-state index in [9.17, 15) is 19.5 Å². The molecule has 182 valence electrons. The molecule has 33 heavy (non-hydrogen) atoms. The lowest BCUT2D eigenvalue weighted by Gasteiger charge is -2.47. The average Bonchev–Trinajstić information content (AvgIpc) is 2.82. The van der Waals surface area contributed by atoms with E-state index in [-0.39, 0.29) is 17.9 Å². The van der Waals surface area contributed by atoms with Gasteiger partial charge in [0.05, 0.1) is 19.3 Å². The van der Waals surface area contributed by atoms with E-state index >= 15 is 0 Å². The Balaban J connectivity index is 1.66. The van der Waals surface area contributed by atoms with Crippen molar-refractivity contribution in [3.05, 3.63) is 35.9 Å². The van der Waals surface area contributed by atoms with E-state index in [2.05, 4.69) is 5.32 Å². The molecule has 0 radical (unpaired) electrons. The van der Waals surface area contributed by atoms with Gasteiger partial charge in [0.2, 0.25) is 5.91 Å². The molecule has 8 nitrogen and oxygen atoms in total. The van der Waals surface area contributed by atoms with Gasteiger partial charge in [0, 0.05) is 13.2 Å². The van der Waals surface area contributed by atoms with Crippen molar-refractivity contribution in [2.75, 3.05) is 26.4 Å². The third kappa shape index (κ3) is 6.54. The number of nitrogens with one attached hydrogen (secondary N) is 1. The number of nitrogens with zero attached hydrogens (tertiary/aromatic N) is 1. The van der Waals surface area contributed by atoms with Crippen LogP contribution in [0.5, 0.6) is 0 Å². The van der Waals surface area contributed by atoms with Crippen LogP contribution in [-0.2, 0) is 30.3 Å². The van der Waals surface area contributed by atoms with Gasteiger partial charge >= 0.3 is 11.9 Å². The van der Waals surface area contributed by atoms with Crippen molar-refractivity contribution < 1.29 is 29.0 Å². The van der Waals surface area contributed by atoms with Crippen molar-refractivity contribution in [1.82, 2.24) is 10.2 Å². The van der Waals surface area contributed by atoms with Crippen molar-refractivity contribution in [3.63, 3.8) is 0 Å². The van der Waals surface area contributed by atoms with E-state index < -0.39 is 30.1 Å². The molecule has 1 spiro atoms. The Morgan fingerprint density at radius 3 is 2.67 bits per heavy atom. The maximum atomic E-state index is 13.3. The van der Waals surface area contributed by atoms with Gasteiger partial charge < -0.3 is 19.5 Å². The van der Waals surface area contributed by atoms with Crippen molar-refractivity contribution in [1.29, 1.82) is 0 Å². The molecule has 1 aromatic rings. The molecule has 2 saturated heterocycles. The third-order valence-corrected chi connectivity index (χ3v) is 6.82. The highest BCUT2D eigenvalue weighted by molar-refractivity contribution is 5.88. The Morgan fingerprint density at radius 2 is 2.03 bits per heavy atom. The summed E-state index contributed by atoms with van der Waals surface area (Å²) in [5.74, 6) is -1.70. The quantitative estimate of drug-likeness (QED) is 0.545. The van der Waals surface area contributed by atoms with Crippen LogP contribution in [-0.4, -0.2) is 72.3 Å². The molecule has 2 heterocycles.